The fourth-order valence-corrected chi connectivity index (χ4v) is 2.12. The number of nitrogens with one attached hydrogen (secondary N) is 1. The Labute approximate surface area is 135 Å². The summed E-state index contributed by atoms with van der Waals surface area (Å²) in [5, 5.41) is 4.46. The molecule has 24 heavy (non-hydrogen) atoms. The largest absolute Gasteiger partial charge is 0.436 e. The molecule has 0 saturated heterocycles. The number of hydrogen-bond acceptors (Lipinski definition) is 4. The van der Waals surface area contributed by atoms with Crippen LogP contribution >= 0.6 is 0 Å². The van der Waals surface area contributed by atoms with Crippen molar-refractivity contribution in [2.45, 2.75) is 0 Å². The molecule has 1 heterocycles. The van der Waals surface area contributed by atoms with Gasteiger partial charge in [0.25, 0.3) is 11.8 Å². The summed E-state index contributed by atoms with van der Waals surface area (Å²) >= 11 is 0. The zero-order valence-electron chi connectivity index (χ0n) is 12.3. The lowest BCUT2D eigenvalue weighted by molar-refractivity contribution is 0.0945. The number of halogens is 1. The van der Waals surface area contributed by atoms with E-state index in [1.807, 2.05) is 0 Å². The Morgan fingerprint density at radius 1 is 1.08 bits per heavy atom. The minimum Gasteiger partial charge on any atom is -0.436 e. The molecule has 0 aliphatic heterocycles. The van der Waals surface area contributed by atoms with Crippen LogP contribution < -0.4 is 16.7 Å². The van der Waals surface area contributed by atoms with Gasteiger partial charge < -0.3 is 10.2 Å². The number of benzene rings is 2. The number of amides is 2. The molecule has 0 radical (unpaired) electrons. The van der Waals surface area contributed by atoms with Gasteiger partial charge in [0.05, 0.1) is 0 Å². The van der Waals surface area contributed by atoms with Gasteiger partial charge in [-0.2, -0.15) is 0 Å². The van der Waals surface area contributed by atoms with E-state index >= 15 is 0 Å². The first-order chi connectivity index (χ1) is 11.5. The summed E-state index contributed by atoms with van der Waals surface area (Å²) < 4.78 is 18.7. The van der Waals surface area contributed by atoms with E-state index in [-0.39, 0.29) is 16.7 Å². The predicted octanol–water partition coefficient (Wildman–Crippen LogP) is 1.92. The molecule has 0 atom stereocenters. The van der Waals surface area contributed by atoms with Gasteiger partial charge in [-0.1, -0.05) is 24.3 Å². The first kappa shape index (κ1) is 15.4. The molecule has 0 saturated carbocycles. The Bertz CT molecular complexity index is 1010. The zero-order chi connectivity index (χ0) is 17.1. The SMILES string of the molecule is NC(=O)c1cc2ccccc2o/c1=N\NC(=O)c1cccc(F)c1. The van der Waals surface area contributed by atoms with E-state index in [2.05, 4.69) is 10.5 Å². The van der Waals surface area contributed by atoms with Gasteiger partial charge in [0, 0.05) is 10.9 Å². The number of primary amides is 1. The molecule has 3 aromatic rings. The molecule has 1 aromatic heterocycles. The molecule has 0 unspecified atom stereocenters. The summed E-state index contributed by atoms with van der Waals surface area (Å²) in [7, 11) is 0. The summed E-state index contributed by atoms with van der Waals surface area (Å²) in [6.07, 6.45) is 0. The number of fused-ring (bicyclic) bond motifs is 1. The van der Waals surface area contributed by atoms with Crippen molar-refractivity contribution in [1.29, 1.82) is 0 Å². The second kappa shape index (κ2) is 6.33. The van der Waals surface area contributed by atoms with Crippen molar-refractivity contribution < 1.29 is 18.4 Å². The molecule has 2 amide bonds. The van der Waals surface area contributed by atoms with Crippen LogP contribution in [-0.4, -0.2) is 11.8 Å². The smallest absolute Gasteiger partial charge is 0.271 e. The van der Waals surface area contributed by atoms with Crippen LogP contribution in [-0.2, 0) is 0 Å². The van der Waals surface area contributed by atoms with E-state index in [0.717, 1.165) is 6.07 Å². The lowest BCUT2D eigenvalue weighted by Crippen LogP contribution is -2.27. The molecular formula is C17H12FN3O3. The van der Waals surface area contributed by atoms with Crippen LogP contribution in [0.5, 0.6) is 0 Å². The number of hydrogen-bond donors (Lipinski definition) is 2. The third kappa shape index (κ3) is 3.14. The lowest BCUT2D eigenvalue weighted by atomic mass is 10.2. The van der Waals surface area contributed by atoms with Gasteiger partial charge in [0.1, 0.15) is 17.0 Å². The van der Waals surface area contributed by atoms with Crippen molar-refractivity contribution >= 4 is 22.8 Å². The molecule has 6 nitrogen and oxygen atoms in total. The molecule has 7 heteroatoms. The third-order valence-electron chi connectivity index (χ3n) is 3.27. The molecule has 120 valence electrons. The fourth-order valence-electron chi connectivity index (χ4n) is 2.12. The molecular weight excluding hydrogens is 313 g/mol. The summed E-state index contributed by atoms with van der Waals surface area (Å²) in [4.78, 5) is 23.6. The molecule has 0 bridgehead atoms. The van der Waals surface area contributed by atoms with Gasteiger partial charge in [-0.3, -0.25) is 9.59 Å². The maximum absolute atomic E-state index is 13.1. The van der Waals surface area contributed by atoms with Crippen LogP contribution in [0.25, 0.3) is 11.0 Å². The Kier molecular flexibility index (Phi) is 4.07. The van der Waals surface area contributed by atoms with E-state index in [1.54, 1.807) is 24.3 Å². The highest BCUT2D eigenvalue weighted by molar-refractivity contribution is 5.96. The second-order valence-corrected chi connectivity index (χ2v) is 4.93. The van der Waals surface area contributed by atoms with Crippen LogP contribution in [0, 0.1) is 5.82 Å². The first-order valence-electron chi connectivity index (χ1n) is 6.97. The van der Waals surface area contributed by atoms with Crippen LogP contribution in [0.4, 0.5) is 4.39 Å². The number of para-hydroxylation sites is 1. The zero-order valence-corrected chi connectivity index (χ0v) is 12.3. The van der Waals surface area contributed by atoms with E-state index in [0.29, 0.717) is 11.0 Å². The van der Waals surface area contributed by atoms with Crippen molar-refractivity contribution in [3.63, 3.8) is 0 Å². The Balaban J connectivity index is 2.01. The molecule has 0 aliphatic carbocycles. The third-order valence-corrected chi connectivity index (χ3v) is 3.27. The van der Waals surface area contributed by atoms with E-state index < -0.39 is 17.6 Å². The van der Waals surface area contributed by atoms with Crippen molar-refractivity contribution in [1.82, 2.24) is 5.43 Å². The number of carbonyl (C=O) groups is 2. The van der Waals surface area contributed by atoms with Crippen LogP contribution in [0.15, 0.2) is 64.1 Å². The van der Waals surface area contributed by atoms with Crippen molar-refractivity contribution in [2.24, 2.45) is 10.8 Å². The van der Waals surface area contributed by atoms with E-state index in [4.69, 9.17) is 10.2 Å². The highest BCUT2D eigenvalue weighted by Gasteiger charge is 2.10. The number of carbonyl (C=O) groups excluding carboxylic acids is 2. The molecule has 0 spiro atoms. The first-order valence-corrected chi connectivity index (χ1v) is 6.97. The predicted molar refractivity (Wildman–Crippen MR) is 84.2 cm³/mol. The standard InChI is InChI=1S/C17H12FN3O3/c18-12-6-3-5-11(8-12)16(23)20-21-17-13(15(19)22)9-10-4-1-2-7-14(10)24-17/h1-9H,(H2,19,22)(H,20,23)/b21-17-. The molecule has 3 N–H and O–H groups in total. The van der Waals surface area contributed by atoms with Gasteiger partial charge in [0.2, 0.25) is 5.55 Å². The molecule has 0 fully saturated rings. The van der Waals surface area contributed by atoms with Crippen LogP contribution in [0.2, 0.25) is 0 Å². The molecule has 0 aliphatic rings. The summed E-state index contributed by atoms with van der Waals surface area (Å²) in [6.45, 7) is 0. The van der Waals surface area contributed by atoms with Gasteiger partial charge in [-0.15, -0.1) is 5.10 Å². The second-order valence-electron chi connectivity index (χ2n) is 4.93. The number of nitrogens with zero attached hydrogens (tertiary/aromatic N) is 1. The van der Waals surface area contributed by atoms with Crippen LogP contribution in [0.1, 0.15) is 20.7 Å². The fraction of sp³-hybridized carbons (Fsp3) is 0. The lowest BCUT2D eigenvalue weighted by Gasteiger charge is -2.03. The summed E-state index contributed by atoms with van der Waals surface area (Å²) in [5.41, 5.74) is 7.99. The average molecular weight is 325 g/mol. The normalized spacial score (nSPS) is 11.5. The maximum atomic E-state index is 13.1. The Morgan fingerprint density at radius 3 is 2.62 bits per heavy atom. The average Bonchev–Trinajstić information content (AvgIpc) is 2.58. The van der Waals surface area contributed by atoms with Crippen molar-refractivity contribution in [3.05, 3.63) is 77.1 Å². The minimum atomic E-state index is -0.747. The van der Waals surface area contributed by atoms with Crippen molar-refractivity contribution in [3.8, 4) is 0 Å². The van der Waals surface area contributed by atoms with Crippen LogP contribution in [0.3, 0.4) is 0 Å². The Morgan fingerprint density at radius 2 is 1.88 bits per heavy atom. The number of rotatable bonds is 3. The van der Waals surface area contributed by atoms with Gasteiger partial charge in [0.15, 0.2) is 0 Å². The maximum Gasteiger partial charge on any atom is 0.271 e. The molecule has 2 aromatic carbocycles. The van der Waals surface area contributed by atoms with Gasteiger partial charge in [-0.25, -0.2) is 9.82 Å². The van der Waals surface area contributed by atoms with Gasteiger partial charge in [-0.05, 0) is 30.3 Å². The molecule has 3 rings (SSSR count). The Hall–Kier alpha value is -3.48. The summed E-state index contributed by atoms with van der Waals surface area (Å²) in [5.74, 6) is -1.94. The van der Waals surface area contributed by atoms with E-state index in [1.165, 1.54) is 24.3 Å². The monoisotopic (exact) mass is 325 g/mol. The number of nitrogens with two attached hydrogens (primary N) is 1. The van der Waals surface area contributed by atoms with E-state index in [9.17, 15) is 14.0 Å². The minimum absolute atomic E-state index is 0.0215. The van der Waals surface area contributed by atoms with Crippen molar-refractivity contribution in [2.75, 3.05) is 0 Å². The van der Waals surface area contributed by atoms with Gasteiger partial charge >= 0.3 is 0 Å². The highest BCUT2D eigenvalue weighted by Crippen LogP contribution is 2.12. The summed E-state index contributed by atoms with van der Waals surface area (Å²) in [6, 6.07) is 13.6. The highest BCUT2D eigenvalue weighted by atomic mass is 19.1. The quantitative estimate of drug-likeness (QED) is 0.720. The topological polar surface area (TPSA) is 97.7 Å².